The van der Waals surface area contributed by atoms with E-state index in [4.69, 9.17) is 28.8 Å². The van der Waals surface area contributed by atoms with E-state index >= 15 is 0 Å². The average molecular weight is 617 g/mol. The van der Waals surface area contributed by atoms with Crippen molar-refractivity contribution in [2.45, 2.75) is 0 Å². The molecule has 48 heavy (non-hydrogen) atoms. The summed E-state index contributed by atoms with van der Waals surface area (Å²) in [5, 5.41) is 6.32. The van der Waals surface area contributed by atoms with Crippen molar-refractivity contribution in [1.29, 1.82) is 0 Å². The molecule has 4 aromatic heterocycles. The Morgan fingerprint density at radius 1 is 0.417 bits per heavy atom. The zero-order chi connectivity index (χ0) is 31.6. The van der Waals surface area contributed by atoms with Crippen molar-refractivity contribution in [2.24, 2.45) is 0 Å². The first-order valence-electron chi connectivity index (χ1n) is 15.8. The van der Waals surface area contributed by atoms with Gasteiger partial charge in [0, 0.05) is 56.1 Å². The number of furan rings is 2. The standard InChI is InChI=1S/C42H24N4O2/c1-3-12-26(13-4-1)40-44-41(27-14-5-2-6-15-27)46-42(45-40)31-19-10-20-34-38(31)32-24-43-33(23-36(32)47-34)29-17-9-18-30-37-28-16-8-7-11-25(28)21-22-35(37)48-39(29)30/h1-24H. The highest BCUT2D eigenvalue weighted by molar-refractivity contribution is 6.20. The van der Waals surface area contributed by atoms with E-state index in [9.17, 15) is 0 Å². The van der Waals surface area contributed by atoms with E-state index in [1.54, 1.807) is 0 Å². The van der Waals surface area contributed by atoms with Gasteiger partial charge >= 0.3 is 0 Å². The first-order valence-corrected chi connectivity index (χ1v) is 15.8. The largest absolute Gasteiger partial charge is 0.456 e. The quantitative estimate of drug-likeness (QED) is 0.196. The zero-order valence-electron chi connectivity index (χ0n) is 25.5. The normalized spacial score (nSPS) is 11.8. The molecule has 0 radical (unpaired) electrons. The SMILES string of the molecule is c1ccc(-c2nc(-c3ccccc3)nc(-c3cccc4oc5cc(-c6cccc7c6oc6ccc8ccccc8c67)ncc5c34)n2)cc1. The molecule has 6 nitrogen and oxygen atoms in total. The van der Waals surface area contributed by atoms with Gasteiger partial charge in [-0.05, 0) is 29.0 Å². The van der Waals surface area contributed by atoms with Crippen LogP contribution in [-0.2, 0) is 0 Å². The third kappa shape index (κ3) is 4.13. The second-order valence-corrected chi connectivity index (χ2v) is 11.8. The van der Waals surface area contributed by atoms with Crippen LogP contribution in [0.5, 0.6) is 0 Å². The lowest BCUT2D eigenvalue weighted by Gasteiger charge is -2.09. The maximum atomic E-state index is 6.50. The van der Waals surface area contributed by atoms with Gasteiger partial charge in [-0.3, -0.25) is 4.98 Å². The van der Waals surface area contributed by atoms with Crippen LogP contribution in [-0.4, -0.2) is 19.9 Å². The second-order valence-electron chi connectivity index (χ2n) is 11.8. The molecule has 6 aromatic carbocycles. The molecule has 0 aliphatic carbocycles. The Kier molecular flexibility index (Phi) is 5.77. The van der Waals surface area contributed by atoms with Crippen molar-refractivity contribution in [2.75, 3.05) is 0 Å². The number of aromatic nitrogens is 4. The fraction of sp³-hybridized carbons (Fsp3) is 0. The van der Waals surface area contributed by atoms with Crippen LogP contribution in [0.3, 0.4) is 0 Å². The van der Waals surface area contributed by atoms with Gasteiger partial charge in [0.05, 0.1) is 5.69 Å². The molecule has 0 N–H and O–H groups in total. The number of hydrogen-bond donors (Lipinski definition) is 0. The summed E-state index contributed by atoms with van der Waals surface area (Å²) in [6, 6.07) is 46.7. The first-order chi connectivity index (χ1) is 23.8. The smallest absolute Gasteiger partial charge is 0.164 e. The van der Waals surface area contributed by atoms with Crippen LogP contribution in [0.25, 0.3) is 100 Å². The van der Waals surface area contributed by atoms with Crippen molar-refractivity contribution in [3.63, 3.8) is 0 Å². The molecule has 0 atom stereocenters. The maximum Gasteiger partial charge on any atom is 0.164 e. The fourth-order valence-electron chi connectivity index (χ4n) is 6.75. The maximum absolute atomic E-state index is 6.50. The van der Waals surface area contributed by atoms with Gasteiger partial charge < -0.3 is 8.83 Å². The van der Waals surface area contributed by atoms with Crippen molar-refractivity contribution >= 4 is 54.6 Å². The summed E-state index contributed by atoms with van der Waals surface area (Å²) in [6.07, 6.45) is 1.88. The van der Waals surface area contributed by atoms with Crippen LogP contribution >= 0.6 is 0 Å². The molecule has 6 heteroatoms. The van der Waals surface area contributed by atoms with Gasteiger partial charge in [-0.25, -0.2) is 15.0 Å². The number of para-hydroxylation sites is 1. The summed E-state index contributed by atoms with van der Waals surface area (Å²) in [7, 11) is 0. The van der Waals surface area contributed by atoms with Gasteiger partial charge in [-0.1, -0.05) is 115 Å². The van der Waals surface area contributed by atoms with Crippen LogP contribution in [0, 0.1) is 0 Å². The summed E-state index contributed by atoms with van der Waals surface area (Å²) in [4.78, 5) is 19.8. The number of rotatable bonds is 4. The summed E-state index contributed by atoms with van der Waals surface area (Å²) >= 11 is 0. The minimum atomic E-state index is 0.569. The highest BCUT2D eigenvalue weighted by Gasteiger charge is 2.20. The van der Waals surface area contributed by atoms with E-state index in [-0.39, 0.29) is 0 Å². The van der Waals surface area contributed by atoms with Gasteiger partial charge in [-0.2, -0.15) is 0 Å². The molecule has 0 unspecified atom stereocenters. The molecule has 0 spiro atoms. The van der Waals surface area contributed by atoms with Crippen LogP contribution < -0.4 is 0 Å². The molecule has 10 aromatic rings. The molecule has 4 heterocycles. The predicted molar refractivity (Wildman–Crippen MR) is 191 cm³/mol. The van der Waals surface area contributed by atoms with Crippen LogP contribution in [0.2, 0.25) is 0 Å². The Morgan fingerprint density at radius 3 is 1.85 bits per heavy atom. The Hall–Kier alpha value is -6.66. The van der Waals surface area contributed by atoms with E-state index < -0.39 is 0 Å². The van der Waals surface area contributed by atoms with E-state index in [2.05, 4.69) is 48.5 Å². The lowest BCUT2D eigenvalue weighted by molar-refractivity contribution is 0.667. The van der Waals surface area contributed by atoms with Gasteiger partial charge in [0.2, 0.25) is 0 Å². The van der Waals surface area contributed by atoms with Gasteiger partial charge in [0.25, 0.3) is 0 Å². The second kappa shape index (κ2) is 10.4. The van der Waals surface area contributed by atoms with E-state index in [0.29, 0.717) is 17.5 Å². The topological polar surface area (TPSA) is 77.8 Å². The van der Waals surface area contributed by atoms with Crippen LogP contribution in [0.4, 0.5) is 0 Å². The highest BCUT2D eigenvalue weighted by atomic mass is 16.3. The Balaban J connectivity index is 1.16. The molecule has 0 aliphatic heterocycles. The van der Waals surface area contributed by atoms with Crippen molar-refractivity contribution in [3.8, 4) is 45.4 Å². The molecule has 0 bridgehead atoms. The number of nitrogens with zero attached hydrogens (tertiary/aromatic N) is 4. The molecule has 0 saturated heterocycles. The van der Waals surface area contributed by atoms with Crippen molar-refractivity contribution in [3.05, 3.63) is 146 Å². The first kappa shape index (κ1) is 26.5. The van der Waals surface area contributed by atoms with E-state index in [1.165, 1.54) is 10.8 Å². The lowest BCUT2D eigenvalue weighted by Crippen LogP contribution is -2.00. The van der Waals surface area contributed by atoms with E-state index in [1.807, 2.05) is 97.2 Å². The summed E-state index contributed by atoms with van der Waals surface area (Å²) in [5.74, 6) is 1.78. The van der Waals surface area contributed by atoms with Crippen molar-refractivity contribution < 1.29 is 8.83 Å². The molecule has 0 fully saturated rings. The van der Waals surface area contributed by atoms with Gasteiger partial charge in [0.1, 0.15) is 22.3 Å². The van der Waals surface area contributed by atoms with Gasteiger partial charge in [0.15, 0.2) is 17.5 Å². The number of hydrogen-bond acceptors (Lipinski definition) is 6. The third-order valence-electron chi connectivity index (χ3n) is 8.98. The molecule has 0 aliphatic rings. The average Bonchev–Trinajstić information content (AvgIpc) is 3.74. The summed E-state index contributed by atoms with van der Waals surface area (Å²) < 4.78 is 13.0. The molecular formula is C42H24N4O2. The zero-order valence-corrected chi connectivity index (χ0v) is 25.5. The van der Waals surface area contributed by atoms with Crippen molar-refractivity contribution in [1.82, 2.24) is 19.9 Å². The minimum Gasteiger partial charge on any atom is -0.456 e. The molecule has 0 amide bonds. The highest BCUT2D eigenvalue weighted by Crippen LogP contribution is 2.41. The number of fused-ring (bicyclic) bond motifs is 8. The summed E-state index contributed by atoms with van der Waals surface area (Å²) in [6.45, 7) is 0. The fourth-order valence-corrected chi connectivity index (χ4v) is 6.75. The third-order valence-corrected chi connectivity index (χ3v) is 8.98. The Bertz CT molecular complexity index is 2780. The van der Waals surface area contributed by atoms with Crippen LogP contribution in [0.1, 0.15) is 0 Å². The van der Waals surface area contributed by atoms with E-state index in [0.717, 1.165) is 71.8 Å². The molecule has 224 valence electrons. The minimum absolute atomic E-state index is 0.569. The van der Waals surface area contributed by atoms with Crippen LogP contribution in [0.15, 0.2) is 155 Å². The summed E-state index contributed by atoms with van der Waals surface area (Å²) in [5.41, 5.74) is 7.49. The molecular weight excluding hydrogens is 592 g/mol. The number of pyridine rings is 1. The molecule has 10 rings (SSSR count). The predicted octanol–water partition coefficient (Wildman–Crippen LogP) is 10.9. The monoisotopic (exact) mass is 616 g/mol. The molecule has 0 saturated carbocycles. The lowest BCUT2D eigenvalue weighted by atomic mass is 10.0. The number of benzene rings is 6. The Morgan fingerprint density at radius 2 is 1.06 bits per heavy atom. The Labute approximate surface area is 274 Å². The van der Waals surface area contributed by atoms with Gasteiger partial charge in [-0.15, -0.1) is 0 Å².